The minimum Gasteiger partial charge on any atom is -0.444 e. The molecule has 0 radical (unpaired) electrons. The van der Waals surface area contributed by atoms with Gasteiger partial charge in [0.15, 0.2) is 0 Å². The van der Waals surface area contributed by atoms with Gasteiger partial charge < -0.3 is 20.3 Å². The zero-order valence-corrected chi connectivity index (χ0v) is 11.3. The van der Waals surface area contributed by atoms with Gasteiger partial charge in [-0.3, -0.25) is 4.79 Å². The normalized spacial score (nSPS) is 10.9. The van der Waals surface area contributed by atoms with Crippen molar-refractivity contribution in [2.24, 2.45) is 0 Å². The van der Waals surface area contributed by atoms with Crippen molar-refractivity contribution in [1.29, 1.82) is 0 Å². The Morgan fingerprint density at radius 3 is 2.35 bits per heavy atom. The third-order valence-electron chi connectivity index (χ3n) is 1.81. The van der Waals surface area contributed by atoms with Gasteiger partial charge in [-0.2, -0.15) is 0 Å². The Labute approximate surface area is 103 Å². The van der Waals surface area contributed by atoms with E-state index in [4.69, 9.17) is 4.74 Å². The average molecular weight is 245 g/mol. The number of likely N-dealkylation sites (N-methyl/N-ethyl adjacent to an activating group) is 2. The van der Waals surface area contributed by atoms with Crippen LogP contribution in [0.4, 0.5) is 4.79 Å². The Morgan fingerprint density at radius 1 is 1.29 bits per heavy atom. The van der Waals surface area contributed by atoms with E-state index in [1.807, 2.05) is 20.8 Å². The Morgan fingerprint density at radius 2 is 1.88 bits per heavy atom. The van der Waals surface area contributed by atoms with E-state index in [1.165, 1.54) is 4.90 Å². The summed E-state index contributed by atoms with van der Waals surface area (Å²) in [6.45, 7) is 6.55. The summed E-state index contributed by atoms with van der Waals surface area (Å²) in [5, 5.41) is 5.42. The summed E-state index contributed by atoms with van der Waals surface area (Å²) in [6, 6.07) is 0. The predicted octanol–water partition coefficient (Wildman–Crippen LogP) is 0.189. The fourth-order valence-electron chi connectivity index (χ4n) is 1.02. The zero-order chi connectivity index (χ0) is 13.5. The Balaban J connectivity index is 3.82. The molecule has 0 rings (SSSR count). The molecule has 100 valence electrons. The molecule has 17 heavy (non-hydrogen) atoms. The minimum absolute atomic E-state index is 0.0925. The number of amides is 2. The van der Waals surface area contributed by atoms with E-state index < -0.39 is 5.60 Å². The average Bonchev–Trinajstić information content (AvgIpc) is 2.15. The molecule has 0 saturated carbocycles. The van der Waals surface area contributed by atoms with Crippen molar-refractivity contribution in [3.63, 3.8) is 0 Å². The van der Waals surface area contributed by atoms with Crippen LogP contribution in [0, 0.1) is 0 Å². The highest BCUT2D eigenvalue weighted by Crippen LogP contribution is 2.08. The summed E-state index contributed by atoms with van der Waals surface area (Å²) in [6.07, 6.45) is -0.389. The van der Waals surface area contributed by atoms with Gasteiger partial charge in [-0.1, -0.05) is 0 Å². The largest absolute Gasteiger partial charge is 0.444 e. The maximum Gasteiger partial charge on any atom is 0.410 e. The molecule has 0 aliphatic carbocycles. The van der Waals surface area contributed by atoms with E-state index in [9.17, 15) is 9.59 Å². The number of hydrogen-bond acceptors (Lipinski definition) is 4. The lowest BCUT2D eigenvalue weighted by molar-refractivity contribution is -0.120. The fraction of sp³-hybridized carbons (Fsp3) is 0.818. The number of carbonyl (C=O) groups excluding carboxylic acids is 2. The third-order valence-corrected chi connectivity index (χ3v) is 1.81. The number of rotatable bonds is 5. The lowest BCUT2D eigenvalue weighted by Crippen LogP contribution is -2.40. The second-order valence-electron chi connectivity index (χ2n) is 4.78. The topological polar surface area (TPSA) is 70.7 Å². The van der Waals surface area contributed by atoms with Gasteiger partial charge >= 0.3 is 6.09 Å². The van der Waals surface area contributed by atoms with Crippen LogP contribution in [0.1, 0.15) is 20.8 Å². The van der Waals surface area contributed by atoms with E-state index in [2.05, 4.69) is 10.6 Å². The molecular formula is C11H23N3O3. The van der Waals surface area contributed by atoms with E-state index in [0.29, 0.717) is 13.1 Å². The summed E-state index contributed by atoms with van der Waals surface area (Å²) in [5.74, 6) is -0.0925. The highest BCUT2D eigenvalue weighted by Gasteiger charge is 2.19. The Kier molecular flexibility index (Phi) is 6.57. The SMILES string of the molecule is CNCC(=O)NCCN(C)C(=O)OC(C)(C)C. The molecular weight excluding hydrogens is 222 g/mol. The first-order valence-electron chi connectivity index (χ1n) is 5.61. The smallest absolute Gasteiger partial charge is 0.410 e. The molecule has 0 atom stereocenters. The minimum atomic E-state index is -0.499. The van der Waals surface area contributed by atoms with Crippen molar-refractivity contribution in [2.45, 2.75) is 26.4 Å². The van der Waals surface area contributed by atoms with E-state index in [0.717, 1.165) is 0 Å². The summed E-state index contributed by atoms with van der Waals surface area (Å²) in [7, 11) is 3.34. The molecule has 0 aliphatic rings. The van der Waals surface area contributed by atoms with Crippen molar-refractivity contribution in [1.82, 2.24) is 15.5 Å². The molecule has 0 fully saturated rings. The second-order valence-corrected chi connectivity index (χ2v) is 4.78. The number of ether oxygens (including phenoxy) is 1. The predicted molar refractivity (Wildman–Crippen MR) is 65.8 cm³/mol. The first-order valence-corrected chi connectivity index (χ1v) is 5.61. The number of carbonyl (C=O) groups is 2. The van der Waals surface area contributed by atoms with Crippen molar-refractivity contribution >= 4 is 12.0 Å². The fourth-order valence-corrected chi connectivity index (χ4v) is 1.02. The standard InChI is InChI=1S/C11H23N3O3/c1-11(2,3)17-10(16)14(5)7-6-13-9(15)8-12-4/h12H,6-8H2,1-5H3,(H,13,15). The first-order chi connectivity index (χ1) is 7.76. The van der Waals surface area contributed by atoms with Crippen LogP contribution in [-0.4, -0.2) is 56.2 Å². The number of nitrogens with zero attached hydrogens (tertiary/aromatic N) is 1. The number of hydrogen-bond donors (Lipinski definition) is 2. The monoisotopic (exact) mass is 245 g/mol. The van der Waals surface area contributed by atoms with E-state index in [-0.39, 0.29) is 18.5 Å². The summed E-state index contributed by atoms with van der Waals surface area (Å²) >= 11 is 0. The van der Waals surface area contributed by atoms with Crippen LogP contribution in [0.5, 0.6) is 0 Å². The quantitative estimate of drug-likeness (QED) is 0.725. The molecule has 0 aliphatic heterocycles. The van der Waals surface area contributed by atoms with Gasteiger partial charge in [-0.05, 0) is 27.8 Å². The lowest BCUT2D eigenvalue weighted by atomic mass is 10.2. The van der Waals surface area contributed by atoms with Crippen LogP contribution in [-0.2, 0) is 9.53 Å². The molecule has 0 unspecified atom stereocenters. The van der Waals surface area contributed by atoms with Crippen LogP contribution < -0.4 is 10.6 Å². The maximum atomic E-state index is 11.5. The van der Waals surface area contributed by atoms with Crippen LogP contribution in [0.2, 0.25) is 0 Å². The van der Waals surface area contributed by atoms with Crippen molar-refractivity contribution in [2.75, 3.05) is 33.7 Å². The van der Waals surface area contributed by atoms with Crippen molar-refractivity contribution in [3.8, 4) is 0 Å². The van der Waals surface area contributed by atoms with Crippen LogP contribution in [0.15, 0.2) is 0 Å². The van der Waals surface area contributed by atoms with Gasteiger partial charge in [-0.15, -0.1) is 0 Å². The molecule has 0 heterocycles. The van der Waals surface area contributed by atoms with Crippen LogP contribution in [0.25, 0.3) is 0 Å². The second kappa shape index (κ2) is 7.11. The molecule has 0 aromatic heterocycles. The zero-order valence-electron chi connectivity index (χ0n) is 11.3. The Hall–Kier alpha value is -1.30. The van der Waals surface area contributed by atoms with Gasteiger partial charge in [-0.25, -0.2) is 4.79 Å². The van der Waals surface area contributed by atoms with Gasteiger partial charge in [0.1, 0.15) is 5.60 Å². The van der Waals surface area contributed by atoms with E-state index >= 15 is 0 Å². The van der Waals surface area contributed by atoms with Crippen LogP contribution in [0.3, 0.4) is 0 Å². The third kappa shape index (κ3) is 8.50. The number of nitrogens with one attached hydrogen (secondary N) is 2. The maximum absolute atomic E-state index is 11.5. The molecule has 2 amide bonds. The Bertz CT molecular complexity index is 261. The molecule has 6 heteroatoms. The molecule has 2 N–H and O–H groups in total. The first kappa shape index (κ1) is 15.7. The van der Waals surface area contributed by atoms with Gasteiger partial charge in [0.05, 0.1) is 6.54 Å². The van der Waals surface area contributed by atoms with Gasteiger partial charge in [0, 0.05) is 20.1 Å². The molecule has 0 aromatic rings. The lowest BCUT2D eigenvalue weighted by Gasteiger charge is -2.24. The summed E-state index contributed by atoms with van der Waals surface area (Å²) < 4.78 is 5.17. The molecule has 0 spiro atoms. The molecule has 0 aromatic carbocycles. The summed E-state index contributed by atoms with van der Waals surface area (Å²) in [4.78, 5) is 24.1. The van der Waals surface area contributed by atoms with Gasteiger partial charge in [0.2, 0.25) is 5.91 Å². The van der Waals surface area contributed by atoms with Crippen molar-refractivity contribution in [3.05, 3.63) is 0 Å². The summed E-state index contributed by atoms with van der Waals surface area (Å²) in [5.41, 5.74) is -0.499. The van der Waals surface area contributed by atoms with Crippen LogP contribution >= 0.6 is 0 Å². The molecule has 0 bridgehead atoms. The highest BCUT2D eigenvalue weighted by molar-refractivity contribution is 5.78. The van der Waals surface area contributed by atoms with Crippen molar-refractivity contribution < 1.29 is 14.3 Å². The molecule has 6 nitrogen and oxygen atoms in total. The van der Waals surface area contributed by atoms with E-state index in [1.54, 1.807) is 14.1 Å². The highest BCUT2D eigenvalue weighted by atomic mass is 16.6. The van der Waals surface area contributed by atoms with Gasteiger partial charge in [0.25, 0.3) is 0 Å². The molecule has 0 saturated heterocycles.